The molecule has 27 heavy (non-hydrogen) atoms. The number of para-hydroxylation sites is 1. The van der Waals surface area contributed by atoms with E-state index >= 15 is 0 Å². The Hall–Kier alpha value is -2.10. The number of aliphatic hydroxyl groups excluding tert-OH is 1. The van der Waals surface area contributed by atoms with E-state index in [1.165, 1.54) is 30.1 Å². The minimum atomic E-state index is -5.50. The lowest BCUT2D eigenvalue weighted by Gasteiger charge is -2.25. The molecule has 1 unspecified atom stereocenters. The molecule has 0 radical (unpaired) electrons. The van der Waals surface area contributed by atoms with Gasteiger partial charge in [0, 0.05) is 13.6 Å². The molecule has 0 saturated heterocycles. The first kappa shape index (κ1) is 21.2. The fourth-order valence-electron chi connectivity index (χ4n) is 2.48. The molecule has 0 amide bonds. The lowest BCUT2D eigenvalue weighted by molar-refractivity contribution is -0.0435. The third-order valence-electron chi connectivity index (χ3n) is 3.78. The molecule has 2 aromatic carbocycles. The molecule has 0 bridgehead atoms. The van der Waals surface area contributed by atoms with Gasteiger partial charge in [-0.1, -0.05) is 42.5 Å². The predicted octanol–water partition coefficient (Wildman–Crippen LogP) is 2.99. The van der Waals surface area contributed by atoms with Crippen molar-refractivity contribution < 1.29 is 31.4 Å². The van der Waals surface area contributed by atoms with Crippen LogP contribution in [0.3, 0.4) is 0 Å². The molecule has 0 aromatic heterocycles. The number of rotatable bonds is 8. The lowest BCUT2D eigenvalue weighted by atomic mass is 10.2. The highest BCUT2D eigenvalue weighted by atomic mass is 32.2. The Morgan fingerprint density at radius 3 is 2.30 bits per heavy atom. The van der Waals surface area contributed by atoms with Crippen molar-refractivity contribution in [1.29, 1.82) is 0 Å². The molecular formula is C18H20F3NO4S. The van der Waals surface area contributed by atoms with E-state index in [1.54, 1.807) is 0 Å². The summed E-state index contributed by atoms with van der Waals surface area (Å²) in [5.74, 6) is 0. The van der Waals surface area contributed by atoms with Crippen LogP contribution in [-0.4, -0.2) is 45.3 Å². The standard InChI is InChI=1S/C18H20F3NO4S/c1-22(11-15(23)13-26-12-14-7-3-2-4-8-14)16-9-5-6-10-17(16)27(24,25)18(19,20)21/h2-10,15,23H,11-13H2,1H3. The molecular weight excluding hydrogens is 383 g/mol. The predicted molar refractivity (Wildman–Crippen MR) is 95.1 cm³/mol. The Labute approximate surface area is 155 Å². The molecule has 148 valence electrons. The summed E-state index contributed by atoms with van der Waals surface area (Å²) in [7, 11) is -4.09. The van der Waals surface area contributed by atoms with Crippen LogP contribution in [0.15, 0.2) is 59.5 Å². The third kappa shape index (κ3) is 5.44. The second-order valence-corrected chi connectivity index (χ2v) is 7.86. The van der Waals surface area contributed by atoms with Crippen LogP contribution < -0.4 is 4.90 Å². The number of sulfone groups is 1. The monoisotopic (exact) mass is 403 g/mol. The van der Waals surface area contributed by atoms with Gasteiger partial charge in [0.25, 0.3) is 9.84 Å². The molecule has 0 fully saturated rings. The van der Waals surface area contributed by atoms with Gasteiger partial charge in [0.05, 0.1) is 29.9 Å². The van der Waals surface area contributed by atoms with Crippen molar-refractivity contribution in [1.82, 2.24) is 0 Å². The highest BCUT2D eigenvalue weighted by Gasteiger charge is 2.48. The van der Waals surface area contributed by atoms with Crippen LogP contribution in [0.5, 0.6) is 0 Å². The van der Waals surface area contributed by atoms with Crippen LogP contribution >= 0.6 is 0 Å². The van der Waals surface area contributed by atoms with E-state index in [1.807, 2.05) is 30.3 Å². The maximum absolute atomic E-state index is 12.9. The third-order valence-corrected chi connectivity index (χ3v) is 5.31. The average Bonchev–Trinajstić information content (AvgIpc) is 2.61. The molecule has 1 N–H and O–H groups in total. The molecule has 0 aliphatic heterocycles. The summed E-state index contributed by atoms with van der Waals surface area (Å²) in [5, 5.41) is 10.1. The minimum Gasteiger partial charge on any atom is -0.389 e. The van der Waals surface area contributed by atoms with E-state index in [0.717, 1.165) is 11.6 Å². The van der Waals surface area contributed by atoms with E-state index in [9.17, 15) is 26.7 Å². The Kier molecular flexibility index (Phi) is 6.85. The van der Waals surface area contributed by atoms with Crippen molar-refractivity contribution in [3.8, 4) is 0 Å². The number of hydrogen-bond acceptors (Lipinski definition) is 5. The van der Waals surface area contributed by atoms with Gasteiger partial charge < -0.3 is 14.7 Å². The lowest BCUT2D eigenvalue weighted by Crippen LogP contribution is -2.34. The van der Waals surface area contributed by atoms with E-state index in [0.29, 0.717) is 0 Å². The van der Waals surface area contributed by atoms with Crippen molar-refractivity contribution in [2.45, 2.75) is 23.1 Å². The minimum absolute atomic E-state index is 0.0482. The first-order valence-electron chi connectivity index (χ1n) is 8.04. The second kappa shape index (κ2) is 8.73. The molecule has 2 rings (SSSR count). The zero-order valence-corrected chi connectivity index (χ0v) is 15.4. The summed E-state index contributed by atoms with van der Waals surface area (Å²) >= 11 is 0. The fourth-order valence-corrected chi connectivity index (χ4v) is 3.48. The highest BCUT2D eigenvalue weighted by molar-refractivity contribution is 7.92. The van der Waals surface area contributed by atoms with Crippen LogP contribution in [0.4, 0.5) is 18.9 Å². The largest absolute Gasteiger partial charge is 0.501 e. The Morgan fingerprint density at radius 2 is 1.67 bits per heavy atom. The van der Waals surface area contributed by atoms with Crippen molar-refractivity contribution in [2.75, 3.05) is 25.1 Å². The number of likely N-dealkylation sites (N-methyl/N-ethyl adjacent to an activating group) is 1. The molecule has 9 heteroatoms. The van der Waals surface area contributed by atoms with Crippen molar-refractivity contribution in [3.63, 3.8) is 0 Å². The van der Waals surface area contributed by atoms with Gasteiger partial charge >= 0.3 is 5.51 Å². The topological polar surface area (TPSA) is 66.8 Å². The van der Waals surface area contributed by atoms with Gasteiger partial charge in [-0.3, -0.25) is 0 Å². The number of ether oxygens (including phenoxy) is 1. The molecule has 5 nitrogen and oxygen atoms in total. The van der Waals surface area contributed by atoms with Crippen LogP contribution in [0.2, 0.25) is 0 Å². The SMILES string of the molecule is CN(CC(O)COCc1ccccc1)c1ccccc1S(=O)(=O)C(F)(F)F. The summed E-state index contributed by atoms with van der Waals surface area (Å²) in [6.45, 7) is 0.132. The first-order valence-corrected chi connectivity index (χ1v) is 9.52. The summed E-state index contributed by atoms with van der Waals surface area (Å²) in [6, 6.07) is 14.1. The average molecular weight is 403 g/mol. The number of anilines is 1. The van der Waals surface area contributed by atoms with Gasteiger partial charge in [-0.05, 0) is 17.7 Å². The molecule has 0 saturated carbocycles. The van der Waals surface area contributed by atoms with Gasteiger partial charge in [-0.25, -0.2) is 8.42 Å². The quantitative estimate of drug-likeness (QED) is 0.734. The van der Waals surface area contributed by atoms with Gasteiger partial charge in [0.1, 0.15) is 0 Å². The molecule has 0 aliphatic rings. The van der Waals surface area contributed by atoms with Gasteiger partial charge in [0.15, 0.2) is 0 Å². The smallest absolute Gasteiger partial charge is 0.389 e. The van der Waals surface area contributed by atoms with Crippen LogP contribution in [0.25, 0.3) is 0 Å². The number of alkyl halides is 3. The zero-order valence-electron chi connectivity index (χ0n) is 14.6. The maximum Gasteiger partial charge on any atom is 0.501 e. The van der Waals surface area contributed by atoms with Crippen molar-refractivity contribution in [3.05, 3.63) is 60.2 Å². The molecule has 2 aromatic rings. The van der Waals surface area contributed by atoms with E-state index in [2.05, 4.69) is 0 Å². The first-order chi connectivity index (χ1) is 12.6. The molecule has 0 spiro atoms. The normalized spacial score (nSPS) is 13.4. The summed E-state index contributed by atoms with van der Waals surface area (Å²) in [4.78, 5) is 0.409. The Balaban J connectivity index is 2.02. The number of benzene rings is 2. The van der Waals surface area contributed by atoms with E-state index < -0.39 is 26.3 Å². The number of aliphatic hydroxyl groups is 1. The van der Waals surface area contributed by atoms with Gasteiger partial charge in [-0.15, -0.1) is 0 Å². The van der Waals surface area contributed by atoms with E-state index in [-0.39, 0.29) is 25.4 Å². The fraction of sp³-hybridized carbons (Fsp3) is 0.333. The number of hydrogen-bond donors (Lipinski definition) is 1. The van der Waals surface area contributed by atoms with Crippen molar-refractivity contribution >= 4 is 15.5 Å². The van der Waals surface area contributed by atoms with Gasteiger partial charge in [-0.2, -0.15) is 13.2 Å². The Bertz CT molecular complexity index is 841. The summed E-state index contributed by atoms with van der Waals surface area (Å²) in [6.07, 6.45) is -1.01. The Morgan fingerprint density at radius 1 is 1.07 bits per heavy atom. The highest BCUT2D eigenvalue weighted by Crippen LogP contribution is 2.35. The van der Waals surface area contributed by atoms with Crippen LogP contribution in [-0.2, 0) is 21.2 Å². The maximum atomic E-state index is 12.9. The number of nitrogens with zero attached hydrogens (tertiary/aromatic N) is 1. The molecule has 0 heterocycles. The zero-order chi connectivity index (χ0) is 20.1. The summed E-state index contributed by atoms with van der Waals surface area (Å²) < 4.78 is 67.5. The molecule has 1 atom stereocenters. The second-order valence-electron chi connectivity index (χ2n) is 5.95. The summed E-state index contributed by atoms with van der Waals surface area (Å²) in [5.41, 5.74) is -4.63. The molecule has 0 aliphatic carbocycles. The van der Waals surface area contributed by atoms with Crippen LogP contribution in [0.1, 0.15) is 5.56 Å². The number of halogens is 3. The van der Waals surface area contributed by atoms with Gasteiger partial charge in [0.2, 0.25) is 0 Å². The van der Waals surface area contributed by atoms with Crippen LogP contribution in [0, 0.1) is 0 Å². The van der Waals surface area contributed by atoms with E-state index in [4.69, 9.17) is 4.74 Å². The van der Waals surface area contributed by atoms with Crippen molar-refractivity contribution in [2.24, 2.45) is 0 Å².